The Kier molecular flexibility index (Phi) is 4.81. The van der Waals surface area contributed by atoms with Crippen LogP contribution in [0.15, 0.2) is 12.1 Å². The highest BCUT2D eigenvalue weighted by Crippen LogP contribution is 2.21. The third kappa shape index (κ3) is 3.83. The standard InChI is InChI=1S/C17H26N2O/c1-12-6-5-7-19(10-12)11-16(20)18-17-14(3)8-13(2)9-15(17)4/h8-9,12H,5-7,10-11H2,1-4H3,(H,18,20)/p+1/t12-/m0/s1. The number of nitrogens with one attached hydrogen (secondary N) is 2. The van der Waals surface area contributed by atoms with Crippen LogP contribution in [-0.2, 0) is 4.79 Å². The molecule has 2 atom stereocenters. The number of quaternary nitrogens is 1. The highest BCUT2D eigenvalue weighted by Gasteiger charge is 2.22. The number of piperidine rings is 1. The molecular formula is C17H27N2O+. The first-order chi connectivity index (χ1) is 9.45. The van der Waals surface area contributed by atoms with Crippen LogP contribution < -0.4 is 10.2 Å². The molecule has 3 nitrogen and oxygen atoms in total. The van der Waals surface area contributed by atoms with Crippen molar-refractivity contribution in [1.82, 2.24) is 0 Å². The number of likely N-dealkylation sites (tertiary alicyclic amines) is 1. The Bertz CT molecular complexity index is 473. The first-order valence-electron chi connectivity index (χ1n) is 7.67. The summed E-state index contributed by atoms with van der Waals surface area (Å²) in [7, 11) is 0. The van der Waals surface area contributed by atoms with Crippen LogP contribution in [0.4, 0.5) is 5.69 Å². The summed E-state index contributed by atoms with van der Waals surface area (Å²) in [5, 5.41) is 3.11. The molecule has 1 aromatic carbocycles. The molecule has 110 valence electrons. The second kappa shape index (κ2) is 6.40. The summed E-state index contributed by atoms with van der Waals surface area (Å²) >= 11 is 0. The summed E-state index contributed by atoms with van der Waals surface area (Å²) in [6.07, 6.45) is 2.55. The largest absolute Gasteiger partial charge is 0.327 e. The molecule has 2 N–H and O–H groups in total. The summed E-state index contributed by atoms with van der Waals surface area (Å²) in [5.74, 6) is 0.888. The number of benzene rings is 1. The molecule has 3 heteroatoms. The lowest BCUT2D eigenvalue weighted by atomic mass is 10.0. The zero-order valence-corrected chi connectivity index (χ0v) is 13.2. The van der Waals surface area contributed by atoms with E-state index in [0.29, 0.717) is 6.54 Å². The number of aryl methyl sites for hydroxylation is 3. The maximum absolute atomic E-state index is 12.2. The van der Waals surface area contributed by atoms with Gasteiger partial charge in [-0.05, 0) is 44.7 Å². The summed E-state index contributed by atoms with van der Waals surface area (Å²) in [4.78, 5) is 13.7. The van der Waals surface area contributed by atoms with Gasteiger partial charge in [0.05, 0.1) is 13.1 Å². The molecule has 0 bridgehead atoms. The molecule has 0 aromatic heterocycles. The van der Waals surface area contributed by atoms with Crippen molar-refractivity contribution in [3.63, 3.8) is 0 Å². The van der Waals surface area contributed by atoms with Crippen molar-refractivity contribution in [1.29, 1.82) is 0 Å². The molecule has 1 heterocycles. The molecule has 20 heavy (non-hydrogen) atoms. The Labute approximate surface area is 122 Å². The number of hydrogen-bond donors (Lipinski definition) is 2. The molecule has 1 aromatic rings. The number of hydrogen-bond acceptors (Lipinski definition) is 1. The summed E-state index contributed by atoms with van der Waals surface area (Å²) in [6.45, 7) is 11.3. The van der Waals surface area contributed by atoms with E-state index >= 15 is 0 Å². The van der Waals surface area contributed by atoms with E-state index in [1.54, 1.807) is 0 Å². The fraction of sp³-hybridized carbons (Fsp3) is 0.588. The van der Waals surface area contributed by atoms with Crippen molar-refractivity contribution >= 4 is 11.6 Å². The number of carbonyl (C=O) groups excluding carboxylic acids is 1. The Morgan fingerprint density at radius 1 is 1.30 bits per heavy atom. The highest BCUT2D eigenvalue weighted by molar-refractivity contribution is 5.93. The van der Waals surface area contributed by atoms with Crippen molar-refractivity contribution in [2.75, 3.05) is 25.0 Å². The van der Waals surface area contributed by atoms with Crippen LogP contribution in [-0.4, -0.2) is 25.5 Å². The van der Waals surface area contributed by atoms with Crippen molar-refractivity contribution in [2.45, 2.75) is 40.5 Å². The van der Waals surface area contributed by atoms with Gasteiger partial charge in [-0.3, -0.25) is 4.79 Å². The van der Waals surface area contributed by atoms with E-state index in [1.807, 2.05) is 0 Å². The number of anilines is 1. The van der Waals surface area contributed by atoms with E-state index in [4.69, 9.17) is 0 Å². The Hall–Kier alpha value is -1.35. The average molecular weight is 275 g/mol. The van der Waals surface area contributed by atoms with E-state index in [9.17, 15) is 4.79 Å². The van der Waals surface area contributed by atoms with Gasteiger partial charge in [0.25, 0.3) is 5.91 Å². The lowest BCUT2D eigenvalue weighted by Gasteiger charge is -2.27. The highest BCUT2D eigenvalue weighted by atomic mass is 16.2. The number of amides is 1. The van der Waals surface area contributed by atoms with E-state index in [1.165, 1.54) is 23.3 Å². The summed E-state index contributed by atoms with van der Waals surface area (Å²) in [5.41, 5.74) is 4.54. The molecule has 0 saturated carbocycles. The molecule has 1 saturated heterocycles. The molecule has 2 rings (SSSR count). The predicted octanol–water partition coefficient (Wildman–Crippen LogP) is 1.87. The van der Waals surface area contributed by atoms with Gasteiger partial charge in [0.2, 0.25) is 0 Å². The summed E-state index contributed by atoms with van der Waals surface area (Å²) in [6, 6.07) is 4.25. The minimum atomic E-state index is 0.143. The van der Waals surface area contributed by atoms with Crippen molar-refractivity contribution < 1.29 is 9.69 Å². The zero-order chi connectivity index (χ0) is 14.7. The second-order valence-electron chi connectivity index (χ2n) is 6.45. The molecule has 0 aliphatic carbocycles. The Balaban J connectivity index is 1.98. The Morgan fingerprint density at radius 3 is 2.55 bits per heavy atom. The van der Waals surface area contributed by atoms with Crippen LogP contribution in [0.5, 0.6) is 0 Å². The van der Waals surface area contributed by atoms with Crippen LogP contribution in [0.25, 0.3) is 0 Å². The average Bonchev–Trinajstić information content (AvgIpc) is 2.33. The summed E-state index contributed by atoms with van der Waals surface area (Å²) < 4.78 is 0. The first-order valence-corrected chi connectivity index (χ1v) is 7.67. The van der Waals surface area contributed by atoms with Crippen molar-refractivity contribution in [3.05, 3.63) is 28.8 Å². The van der Waals surface area contributed by atoms with Crippen LogP contribution in [0.3, 0.4) is 0 Å². The minimum Gasteiger partial charge on any atom is -0.327 e. The normalized spacial score (nSPS) is 22.6. The zero-order valence-electron chi connectivity index (χ0n) is 13.2. The molecule has 0 spiro atoms. The number of rotatable bonds is 3. The fourth-order valence-electron chi connectivity index (χ4n) is 3.35. The van der Waals surface area contributed by atoms with Crippen LogP contribution in [0, 0.1) is 26.7 Å². The van der Waals surface area contributed by atoms with Crippen LogP contribution >= 0.6 is 0 Å². The van der Waals surface area contributed by atoms with Gasteiger partial charge < -0.3 is 10.2 Å². The first kappa shape index (κ1) is 15.0. The Morgan fingerprint density at radius 2 is 1.95 bits per heavy atom. The predicted molar refractivity (Wildman–Crippen MR) is 83.2 cm³/mol. The van der Waals surface area contributed by atoms with E-state index in [0.717, 1.165) is 35.8 Å². The van der Waals surface area contributed by atoms with Gasteiger partial charge in [-0.25, -0.2) is 0 Å². The van der Waals surface area contributed by atoms with E-state index in [2.05, 4.69) is 45.1 Å². The molecule has 1 amide bonds. The molecular weight excluding hydrogens is 248 g/mol. The van der Waals surface area contributed by atoms with Gasteiger partial charge in [-0.2, -0.15) is 0 Å². The second-order valence-corrected chi connectivity index (χ2v) is 6.45. The lowest BCUT2D eigenvalue weighted by molar-refractivity contribution is -0.900. The van der Waals surface area contributed by atoms with Gasteiger partial charge in [0.1, 0.15) is 0 Å². The third-order valence-corrected chi connectivity index (χ3v) is 4.22. The quantitative estimate of drug-likeness (QED) is 0.867. The smallest absolute Gasteiger partial charge is 0.279 e. The monoisotopic (exact) mass is 275 g/mol. The molecule has 1 aliphatic rings. The van der Waals surface area contributed by atoms with Gasteiger partial charge >= 0.3 is 0 Å². The van der Waals surface area contributed by atoms with Crippen molar-refractivity contribution in [2.24, 2.45) is 5.92 Å². The van der Waals surface area contributed by atoms with Gasteiger partial charge in [0, 0.05) is 11.6 Å². The van der Waals surface area contributed by atoms with Crippen LogP contribution in [0.2, 0.25) is 0 Å². The molecule has 1 unspecified atom stereocenters. The van der Waals surface area contributed by atoms with Crippen molar-refractivity contribution in [3.8, 4) is 0 Å². The topological polar surface area (TPSA) is 33.5 Å². The van der Waals surface area contributed by atoms with Gasteiger partial charge in [-0.15, -0.1) is 0 Å². The van der Waals surface area contributed by atoms with E-state index < -0.39 is 0 Å². The molecule has 1 aliphatic heterocycles. The molecule has 1 fully saturated rings. The lowest BCUT2D eigenvalue weighted by Crippen LogP contribution is -3.14. The number of carbonyl (C=O) groups is 1. The van der Waals surface area contributed by atoms with Gasteiger partial charge in [-0.1, -0.05) is 24.6 Å². The molecule has 0 radical (unpaired) electrons. The fourth-order valence-corrected chi connectivity index (χ4v) is 3.35. The van der Waals surface area contributed by atoms with E-state index in [-0.39, 0.29) is 5.91 Å². The van der Waals surface area contributed by atoms with Crippen LogP contribution in [0.1, 0.15) is 36.5 Å². The van der Waals surface area contributed by atoms with Gasteiger partial charge in [0.15, 0.2) is 6.54 Å². The maximum atomic E-state index is 12.2. The minimum absolute atomic E-state index is 0.143. The maximum Gasteiger partial charge on any atom is 0.279 e. The third-order valence-electron chi connectivity index (χ3n) is 4.22. The SMILES string of the molecule is Cc1cc(C)c(NC(=O)C[NH+]2CCC[C@H](C)C2)c(C)c1.